The van der Waals surface area contributed by atoms with E-state index in [-0.39, 0.29) is 12.3 Å². The van der Waals surface area contributed by atoms with E-state index in [9.17, 15) is 9.59 Å². The first kappa shape index (κ1) is 14.8. The zero-order chi connectivity index (χ0) is 14.3. The van der Waals surface area contributed by atoms with Gasteiger partial charge in [-0.1, -0.05) is 37.3 Å². The first-order chi connectivity index (χ1) is 9.13. The van der Waals surface area contributed by atoms with E-state index >= 15 is 0 Å². The minimum Gasteiger partial charge on any atom is -0.460 e. The molecule has 1 aromatic rings. The Morgan fingerprint density at radius 3 is 2.42 bits per heavy atom. The summed E-state index contributed by atoms with van der Waals surface area (Å²) in [7, 11) is 1.13. The Hall–Kier alpha value is -2.26. The summed E-state index contributed by atoms with van der Waals surface area (Å²) in [5.41, 5.74) is 9.18. The van der Waals surface area contributed by atoms with Gasteiger partial charge in [0.05, 0.1) is 7.11 Å². The lowest BCUT2D eigenvalue weighted by molar-refractivity contribution is -0.139. The minimum atomic E-state index is -0.921. The van der Waals surface area contributed by atoms with Crippen molar-refractivity contribution < 1.29 is 19.1 Å². The van der Waals surface area contributed by atoms with E-state index in [4.69, 9.17) is 5.53 Å². The molecule has 100 valence electrons. The molecule has 0 saturated heterocycles. The molecule has 1 atom stereocenters. The number of carbonyl (C=O) groups excluding carboxylic acids is 2. The Morgan fingerprint density at radius 2 is 1.95 bits per heavy atom. The number of esters is 1. The number of hydrogen-bond acceptors (Lipinski definition) is 3. The molecule has 0 spiro atoms. The van der Waals surface area contributed by atoms with Crippen molar-refractivity contribution in [3.05, 3.63) is 41.4 Å². The van der Waals surface area contributed by atoms with Crippen molar-refractivity contribution in [1.29, 1.82) is 0 Å². The molecule has 1 rings (SSSR count). The van der Waals surface area contributed by atoms with Gasteiger partial charge in [0.1, 0.15) is 0 Å². The van der Waals surface area contributed by atoms with Crippen LogP contribution in [0.3, 0.4) is 0 Å². The quantitative estimate of drug-likeness (QED) is 0.258. The predicted octanol–water partition coefficient (Wildman–Crippen LogP) is 1.98. The highest BCUT2D eigenvalue weighted by atomic mass is 16.5. The molecule has 1 aromatic carbocycles. The molecule has 0 unspecified atom stereocenters. The smallest absolute Gasteiger partial charge is 0.441 e. The van der Waals surface area contributed by atoms with E-state index in [0.29, 0.717) is 0 Å². The molecule has 5 nitrogen and oxygen atoms in total. The Kier molecular flexibility index (Phi) is 5.64. The number of ketones is 1. The van der Waals surface area contributed by atoms with Crippen LogP contribution in [0.1, 0.15) is 31.2 Å². The summed E-state index contributed by atoms with van der Waals surface area (Å²) < 4.78 is 4.39. The van der Waals surface area contributed by atoms with Gasteiger partial charge in [-0.25, -0.2) is 4.79 Å². The zero-order valence-electron chi connectivity index (χ0n) is 11.0. The summed E-state index contributed by atoms with van der Waals surface area (Å²) in [5, 5.41) is 0. The lowest BCUT2D eigenvalue weighted by Crippen LogP contribution is -2.27. The van der Waals surface area contributed by atoms with Crippen LogP contribution >= 0.6 is 0 Å². The Balaban J connectivity index is 2.85. The molecule has 0 heterocycles. The van der Waals surface area contributed by atoms with Gasteiger partial charge in [0, 0.05) is 6.42 Å². The summed E-state index contributed by atoms with van der Waals surface area (Å²) in [5.74, 6) is -1.46. The van der Waals surface area contributed by atoms with Gasteiger partial charge < -0.3 is 10.3 Å². The molecule has 0 saturated carbocycles. The maximum atomic E-state index is 11.9. The van der Waals surface area contributed by atoms with Crippen LogP contribution in [-0.2, 0) is 14.3 Å². The summed E-state index contributed by atoms with van der Waals surface area (Å²) >= 11 is 0. The van der Waals surface area contributed by atoms with Crippen molar-refractivity contribution in [2.24, 2.45) is 0 Å². The number of benzene rings is 1. The highest BCUT2D eigenvalue weighted by Gasteiger charge is 2.32. The first-order valence-electron chi connectivity index (χ1n) is 6.02. The van der Waals surface area contributed by atoms with Crippen LogP contribution in [0.15, 0.2) is 30.3 Å². The van der Waals surface area contributed by atoms with Crippen molar-refractivity contribution in [3.63, 3.8) is 0 Å². The molecule has 0 radical (unpaired) electrons. The third-order valence-electron chi connectivity index (χ3n) is 2.94. The Bertz CT molecular complexity index is 505. The van der Waals surface area contributed by atoms with Gasteiger partial charge in [-0.2, -0.15) is 4.79 Å². The zero-order valence-corrected chi connectivity index (χ0v) is 11.0. The van der Waals surface area contributed by atoms with Gasteiger partial charge in [0.25, 0.3) is 5.78 Å². The number of methoxy groups -OCH3 is 1. The van der Waals surface area contributed by atoms with Crippen molar-refractivity contribution in [3.8, 4) is 0 Å². The van der Waals surface area contributed by atoms with Crippen LogP contribution in [0.5, 0.6) is 0 Å². The molecule has 0 amide bonds. The topological polar surface area (TPSA) is 79.8 Å². The Labute approximate surface area is 111 Å². The van der Waals surface area contributed by atoms with E-state index in [2.05, 4.69) is 9.53 Å². The third kappa shape index (κ3) is 3.86. The number of rotatable bonds is 6. The van der Waals surface area contributed by atoms with Crippen LogP contribution < -0.4 is 0 Å². The molecule has 0 aliphatic carbocycles. The van der Waals surface area contributed by atoms with Crippen LogP contribution in [0.4, 0.5) is 0 Å². The van der Waals surface area contributed by atoms with Gasteiger partial charge in [-0.15, -0.1) is 0 Å². The number of carbonyl (C=O) groups is 2. The lowest BCUT2D eigenvalue weighted by Gasteiger charge is -2.12. The number of Topliss-reactive ketones (excluding diaryl/α,β-unsaturated/α-hetero) is 1. The first-order valence-corrected chi connectivity index (χ1v) is 6.02. The fourth-order valence-electron chi connectivity index (χ4n) is 1.85. The molecule has 0 aromatic heterocycles. The molecule has 0 fully saturated rings. The Morgan fingerprint density at radius 1 is 1.32 bits per heavy atom. The van der Waals surface area contributed by atoms with Crippen molar-refractivity contribution in [2.75, 3.05) is 7.11 Å². The number of hydrogen-bond donors (Lipinski definition) is 0. The summed E-state index contributed by atoms with van der Waals surface area (Å²) in [6.45, 7) is 1.96. The van der Waals surface area contributed by atoms with E-state index < -0.39 is 17.5 Å². The van der Waals surface area contributed by atoms with Gasteiger partial charge in [0.2, 0.25) is 0 Å². The maximum absolute atomic E-state index is 11.9. The average Bonchev–Trinajstić information content (AvgIpc) is 2.46. The number of nitrogens with zero attached hydrogens (tertiary/aromatic N) is 2. The van der Waals surface area contributed by atoms with Crippen LogP contribution in [0.25, 0.3) is 5.53 Å². The van der Waals surface area contributed by atoms with Crippen LogP contribution in [0.2, 0.25) is 0 Å². The van der Waals surface area contributed by atoms with E-state index in [1.165, 1.54) is 0 Å². The summed E-state index contributed by atoms with van der Waals surface area (Å²) in [6, 6.07) is 9.53. The largest absolute Gasteiger partial charge is 0.460 e. The predicted molar refractivity (Wildman–Crippen MR) is 69.7 cm³/mol. The average molecular weight is 260 g/mol. The van der Waals surface area contributed by atoms with E-state index in [0.717, 1.165) is 19.1 Å². The summed E-state index contributed by atoms with van der Waals surface area (Å²) in [6.07, 6.45) is 0.852. The fraction of sp³-hybridized carbons (Fsp3) is 0.357. The fourth-order valence-corrected chi connectivity index (χ4v) is 1.85. The highest BCUT2D eigenvalue weighted by molar-refractivity contribution is 6.62. The molecule has 0 N–H and O–H groups in total. The van der Waals surface area contributed by atoms with Gasteiger partial charge >= 0.3 is 11.7 Å². The molecule has 0 aliphatic rings. The van der Waals surface area contributed by atoms with Crippen LogP contribution in [-0.4, -0.2) is 29.4 Å². The highest BCUT2D eigenvalue weighted by Crippen LogP contribution is 2.23. The van der Waals surface area contributed by atoms with Crippen molar-refractivity contribution in [1.82, 2.24) is 0 Å². The second kappa shape index (κ2) is 7.24. The second-order valence-corrected chi connectivity index (χ2v) is 4.08. The molecular formula is C14H16N2O3. The van der Waals surface area contributed by atoms with Gasteiger partial charge in [-0.05, 0) is 17.9 Å². The standard InChI is InChI=1S/C14H16N2O3/c1-3-10(11-7-5-4-6-8-11)9-12(17)13(16-15)14(18)19-2/h4-8,10H,3,9H2,1-2H3/t10-/m1/s1. The second-order valence-electron chi connectivity index (χ2n) is 4.08. The SMILES string of the molecule is CC[C@H](CC(=O)C(=[N+]=[N-])C(=O)OC)c1ccccc1. The van der Waals surface area contributed by atoms with Crippen molar-refractivity contribution >= 4 is 17.5 Å². The van der Waals surface area contributed by atoms with Crippen LogP contribution in [0, 0.1) is 0 Å². The lowest BCUT2D eigenvalue weighted by atomic mass is 9.90. The molecular weight excluding hydrogens is 244 g/mol. The maximum Gasteiger partial charge on any atom is 0.441 e. The van der Waals surface area contributed by atoms with Crippen molar-refractivity contribution in [2.45, 2.75) is 25.7 Å². The molecule has 0 bridgehead atoms. The monoisotopic (exact) mass is 260 g/mol. The summed E-state index contributed by atoms with van der Waals surface area (Å²) in [4.78, 5) is 25.9. The van der Waals surface area contributed by atoms with Gasteiger partial charge in [-0.3, -0.25) is 4.79 Å². The number of ether oxygens (including phenoxy) is 1. The molecule has 0 aliphatic heterocycles. The molecule has 5 heteroatoms. The molecule has 19 heavy (non-hydrogen) atoms. The normalized spacial score (nSPS) is 11.3. The van der Waals surface area contributed by atoms with E-state index in [1.807, 2.05) is 37.3 Å². The third-order valence-corrected chi connectivity index (χ3v) is 2.94. The van der Waals surface area contributed by atoms with Gasteiger partial charge in [0.15, 0.2) is 0 Å². The van der Waals surface area contributed by atoms with E-state index in [1.54, 1.807) is 0 Å². The minimum absolute atomic E-state index is 0.0184.